The van der Waals surface area contributed by atoms with Crippen molar-refractivity contribution in [3.63, 3.8) is 0 Å². The average Bonchev–Trinajstić information content (AvgIpc) is 3.14. The number of anilines is 2. The lowest BCUT2D eigenvalue weighted by molar-refractivity contribution is -0.0498. The van der Waals surface area contributed by atoms with Gasteiger partial charge in [0, 0.05) is 11.3 Å². The van der Waals surface area contributed by atoms with E-state index in [-0.39, 0.29) is 17.3 Å². The number of nitrogens with zero attached hydrogens (tertiary/aromatic N) is 2. The topological polar surface area (TPSA) is 73.3 Å². The van der Waals surface area contributed by atoms with E-state index in [4.69, 9.17) is 4.74 Å². The second-order valence-electron chi connectivity index (χ2n) is 5.34. The number of thioether (sulfide) groups is 1. The number of hydrogen-bond acceptors (Lipinski definition) is 8. The Labute approximate surface area is 167 Å². The number of halogens is 2. The molecule has 1 aromatic heterocycles. The first-order valence-corrected chi connectivity index (χ1v) is 9.79. The highest BCUT2D eigenvalue weighted by atomic mass is 32.2. The van der Waals surface area contributed by atoms with Gasteiger partial charge in [-0.25, -0.2) is 0 Å². The van der Waals surface area contributed by atoms with Crippen LogP contribution in [-0.4, -0.2) is 35.5 Å². The van der Waals surface area contributed by atoms with Crippen LogP contribution in [0.25, 0.3) is 0 Å². The van der Waals surface area contributed by atoms with E-state index in [1.807, 2.05) is 24.3 Å². The van der Waals surface area contributed by atoms with Gasteiger partial charge in [-0.15, -0.1) is 10.2 Å². The average molecular weight is 423 g/mol. The smallest absolute Gasteiger partial charge is 0.387 e. The van der Waals surface area contributed by atoms with Gasteiger partial charge in [-0.1, -0.05) is 23.1 Å². The summed E-state index contributed by atoms with van der Waals surface area (Å²) in [6, 6.07) is 13.0. The number of benzene rings is 2. The monoisotopic (exact) mass is 423 g/mol. The molecule has 0 spiro atoms. The van der Waals surface area contributed by atoms with Gasteiger partial charge < -0.3 is 14.8 Å². The zero-order valence-electron chi connectivity index (χ0n) is 14.6. The van der Waals surface area contributed by atoms with E-state index in [0.29, 0.717) is 15.0 Å². The van der Waals surface area contributed by atoms with Crippen molar-refractivity contribution in [1.82, 2.24) is 10.2 Å². The normalized spacial score (nSPS) is 10.7. The van der Waals surface area contributed by atoms with Gasteiger partial charge in [0.1, 0.15) is 11.5 Å². The molecule has 0 bridgehead atoms. The Kier molecular flexibility index (Phi) is 6.77. The summed E-state index contributed by atoms with van der Waals surface area (Å²) in [7, 11) is 1.60. The van der Waals surface area contributed by atoms with Crippen LogP contribution in [0.15, 0.2) is 52.9 Å². The molecule has 0 saturated heterocycles. The number of aromatic nitrogens is 2. The highest BCUT2D eigenvalue weighted by Gasteiger charge is 2.11. The fourth-order valence-electron chi connectivity index (χ4n) is 2.15. The number of carbonyl (C=O) groups is 1. The van der Waals surface area contributed by atoms with E-state index in [1.54, 1.807) is 7.11 Å². The summed E-state index contributed by atoms with van der Waals surface area (Å²) in [6.07, 6.45) is 0. The number of methoxy groups -OCH3 is 1. The van der Waals surface area contributed by atoms with Crippen LogP contribution in [0.3, 0.4) is 0 Å². The molecule has 146 valence electrons. The first kappa shape index (κ1) is 20.0. The summed E-state index contributed by atoms with van der Waals surface area (Å²) in [5, 5.41) is 11.8. The lowest BCUT2D eigenvalue weighted by Gasteiger charge is -2.05. The molecule has 1 heterocycles. The number of alkyl halides is 2. The Morgan fingerprint density at radius 3 is 2.43 bits per heavy atom. The zero-order chi connectivity index (χ0) is 19.9. The molecule has 2 aromatic carbocycles. The molecule has 0 aliphatic rings. The van der Waals surface area contributed by atoms with Crippen LogP contribution >= 0.6 is 23.1 Å². The molecule has 6 nitrogen and oxygen atoms in total. The number of ether oxygens (including phenoxy) is 2. The minimum atomic E-state index is -2.89. The summed E-state index contributed by atoms with van der Waals surface area (Å²) < 4.78 is 34.3. The summed E-state index contributed by atoms with van der Waals surface area (Å²) in [5.74, 6) is 0.782. The van der Waals surface area contributed by atoms with E-state index in [1.165, 1.54) is 47.4 Å². The molecule has 0 aliphatic heterocycles. The quantitative estimate of drug-likeness (QED) is 0.389. The van der Waals surface area contributed by atoms with Crippen LogP contribution in [0.5, 0.6) is 11.5 Å². The van der Waals surface area contributed by atoms with Crippen molar-refractivity contribution in [2.45, 2.75) is 11.0 Å². The maximum atomic E-state index is 12.2. The number of rotatable bonds is 9. The first-order valence-electron chi connectivity index (χ1n) is 7.99. The van der Waals surface area contributed by atoms with Crippen molar-refractivity contribution in [1.29, 1.82) is 0 Å². The summed E-state index contributed by atoms with van der Waals surface area (Å²) in [5.41, 5.74) is 1.26. The van der Waals surface area contributed by atoms with E-state index in [0.717, 1.165) is 11.4 Å². The molecule has 28 heavy (non-hydrogen) atoms. The molecule has 0 fully saturated rings. The predicted octanol–water partition coefficient (Wildman–Crippen LogP) is 4.87. The molecular weight excluding hydrogens is 408 g/mol. The van der Waals surface area contributed by atoms with Crippen LogP contribution in [0.4, 0.5) is 19.6 Å². The van der Waals surface area contributed by atoms with Crippen LogP contribution in [0.2, 0.25) is 0 Å². The van der Waals surface area contributed by atoms with Crippen molar-refractivity contribution < 1.29 is 23.0 Å². The van der Waals surface area contributed by atoms with Gasteiger partial charge in [0.2, 0.25) is 5.13 Å². The maximum absolute atomic E-state index is 12.2. The van der Waals surface area contributed by atoms with Gasteiger partial charge in [-0.3, -0.25) is 4.79 Å². The minimum absolute atomic E-state index is 0.0116. The molecule has 0 radical (unpaired) electrons. The Hall–Kier alpha value is -2.72. The lowest BCUT2D eigenvalue weighted by atomic mass is 10.1. The zero-order valence-corrected chi connectivity index (χ0v) is 16.2. The number of ketones is 1. The Morgan fingerprint density at radius 1 is 1.11 bits per heavy atom. The van der Waals surface area contributed by atoms with E-state index >= 15 is 0 Å². The Bertz CT molecular complexity index is 919. The van der Waals surface area contributed by atoms with Crippen LogP contribution in [0, 0.1) is 0 Å². The van der Waals surface area contributed by atoms with Gasteiger partial charge in [-0.05, 0) is 48.5 Å². The lowest BCUT2D eigenvalue weighted by Crippen LogP contribution is -2.04. The number of hydrogen-bond donors (Lipinski definition) is 1. The van der Waals surface area contributed by atoms with Gasteiger partial charge in [0.05, 0.1) is 12.9 Å². The third kappa shape index (κ3) is 5.64. The van der Waals surface area contributed by atoms with Crippen molar-refractivity contribution in [2.24, 2.45) is 0 Å². The van der Waals surface area contributed by atoms with Crippen molar-refractivity contribution >= 4 is 39.7 Å². The minimum Gasteiger partial charge on any atom is -0.497 e. The summed E-state index contributed by atoms with van der Waals surface area (Å²) >= 11 is 2.59. The third-order valence-corrected chi connectivity index (χ3v) is 5.45. The van der Waals surface area contributed by atoms with Crippen molar-refractivity contribution in [2.75, 3.05) is 18.2 Å². The van der Waals surface area contributed by atoms with Gasteiger partial charge in [-0.2, -0.15) is 8.78 Å². The molecular formula is C18H15F2N3O3S2. The number of Topliss-reactive ketones (excluding diaryl/α,β-unsaturated/α-hetero) is 1. The first-order chi connectivity index (χ1) is 13.5. The molecule has 0 saturated carbocycles. The standard InChI is InChI=1S/C18H15F2N3O3S2/c1-25-13-8-4-12(5-9-13)21-17-22-23-18(28-17)27-10-15(24)11-2-6-14(7-3-11)26-16(19)20/h2-9,16H,10H2,1H3,(H,21,22). The SMILES string of the molecule is COc1ccc(Nc2nnc(SCC(=O)c3ccc(OC(F)F)cc3)s2)cc1. The molecule has 0 unspecified atom stereocenters. The van der Waals surface area contributed by atoms with E-state index < -0.39 is 6.61 Å². The van der Waals surface area contributed by atoms with Crippen LogP contribution in [-0.2, 0) is 0 Å². The highest BCUT2D eigenvalue weighted by Crippen LogP contribution is 2.29. The predicted molar refractivity (Wildman–Crippen MR) is 104 cm³/mol. The molecule has 1 N–H and O–H groups in total. The Morgan fingerprint density at radius 2 is 1.79 bits per heavy atom. The van der Waals surface area contributed by atoms with Gasteiger partial charge in [0.15, 0.2) is 10.1 Å². The van der Waals surface area contributed by atoms with E-state index in [9.17, 15) is 13.6 Å². The van der Waals surface area contributed by atoms with E-state index in [2.05, 4.69) is 20.3 Å². The number of carbonyl (C=O) groups excluding carboxylic acids is 1. The molecule has 0 atom stereocenters. The molecule has 3 rings (SSSR count). The van der Waals surface area contributed by atoms with Crippen LogP contribution in [0.1, 0.15) is 10.4 Å². The molecule has 10 heteroatoms. The van der Waals surface area contributed by atoms with Crippen LogP contribution < -0.4 is 14.8 Å². The Balaban J connectivity index is 1.52. The molecule has 0 amide bonds. The highest BCUT2D eigenvalue weighted by molar-refractivity contribution is 8.01. The molecule has 3 aromatic rings. The number of nitrogens with one attached hydrogen (secondary N) is 1. The van der Waals surface area contributed by atoms with Gasteiger partial charge >= 0.3 is 6.61 Å². The fourth-order valence-corrected chi connectivity index (χ4v) is 3.82. The fraction of sp³-hybridized carbons (Fsp3) is 0.167. The van der Waals surface area contributed by atoms with Crippen molar-refractivity contribution in [3.8, 4) is 11.5 Å². The second-order valence-corrected chi connectivity index (χ2v) is 7.54. The van der Waals surface area contributed by atoms with Gasteiger partial charge in [0.25, 0.3) is 0 Å². The molecule has 0 aliphatic carbocycles. The summed E-state index contributed by atoms with van der Waals surface area (Å²) in [6.45, 7) is -2.89. The third-order valence-electron chi connectivity index (χ3n) is 3.48. The summed E-state index contributed by atoms with van der Waals surface area (Å²) in [4.78, 5) is 12.2. The largest absolute Gasteiger partial charge is 0.497 e. The van der Waals surface area contributed by atoms with Crippen molar-refractivity contribution in [3.05, 3.63) is 54.1 Å². The second kappa shape index (κ2) is 9.47. The maximum Gasteiger partial charge on any atom is 0.387 e.